The first kappa shape index (κ1) is 46.2. The van der Waals surface area contributed by atoms with Crippen molar-refractivity contribution in [3.8, 4) is 17.2 Å². The topological polar surface area (TPSA) is 185 Å². The van der Waals surface area contributed by atoms with Gasteiger partial charge in [0.1, 0.15) is 24.7 Å². The number of nitrogens with one attached hydrogen (secondary N) is 2. The summed E-state index contributed by atoms with van der Waals surface area (Å²) in [6.07, 6.45) is 4.78. The number of hydrogen-bond acceptors (Lipinski definition) is 11. The van der Waals surface area contributed by atoms with E-state index in [4.69, 9.17) is 24.2 Å². The molecule has 4 amide bonds. The van der Waals surface area contributed by atoms with Crippen LogP contribution in [0.5, 0.6) is 17.2 Å². The summed E-state index contributed by atoms with van der Waals surface area (Å²) < 4.78 is 18.5. The number of aryl methyl sites for hydroxylation is 1. The molecule has 352 valence electrons. The average Bonchev–Trinajstić information content (AvgIpc) is 3.84. The predicted molar refractivity (Wildman–Crippen MR) is 262 cm³/mol. The molecule has 0 aliphatic carbocycles. The molecule has 5 aromatic carbocycles. The summed E-state index contributed by atoms with van der Waals surface area (Å²) in [4.78, 5) is 91.1. The van der Waals surface area contributed by atoms with Crippen molar-refractivity contribution in [2.24, 2.45) is 15.9 Å². The van der Waals surface area contributed by atoms with Crippen LogP contribution in [0, 0.1) is 12.8 Å². The number of hydrogen-bond donors (Lipinski definition) is 2. The van der Waals surface area contributed by atoms with E-state index in [0.717, 1.165) is 28.1 Å². The fraction of sp³-hybridized carbons (Fsp3) is 0.296. The van der Waals surface area contributed by atoms with Crippen molar-refractivity contribution in [3.63, 3.8) is 0 Å². The second-order valence-corrected chi connectivity index (χ2v) is 18.0. The smallest absolute Gasteiger partial charge is 0.261 e. The maximum Gasteiger partial charge on any atom is 0.261 e. The normalized spacial score (nSPS) is 16.1. The third-order valence-electron chi connectivity index (χ3n) is 12.7. The molecule has 15 nitrogen and oxygen atoms in total. The van der Waals surface area contributed by atoms with Gasteiger partial charge in [-0.15, -0.1) is 0 Å². The number of Topliss-reactive ketones (excluding diaryl/α,β-unsaturated/α-hetero) is 2. The maximum atomic E-state index is 14.0. The summed E-state index contributed by atoms with van der Waals surface area (Å²) in [5.41, 5.74) is 8.22. The van der Waals surface area contributed by atoms with Crippen LogP contribution in [0.3, 0.4) is 0 Å². The molecule has 69 heavy (non-hydrogen) atoms. The third kappa shape index (κ3) is 9.89. The van der Waals surface area contributed by atoms with Gasteiger partial charge in [0, 0.05) is 86.1 Å². The highest BCUT2D eigenvalue weighted by Crippen LogP contribution is 2.42. The minimum absolute atomic E-state index is 0.00732. The Kier molecular flexibility index (Phi) is 13.2. The molecule has 0 spiro atoms. The Morgan fingerprint density at radius 2 is 1.22 bits per heavy atom. The SMILES string of the molecule is COc1cc2c(cc1OCc1cc(COc3cc4c(cc3C)C(=O)N3c5ccccc5C[C@H]3C=N4)cc(NC(=O)CCC(=O)CNC(=O)CCC(=O)C(C)C)c1)N=C[C@@H]1Cc3ccccc3N1C2=O. The van der Waals surface area contributed by atoms with Crippen LogP contribution in [0.4, 0.5) is 28.4 Å². The Morgan fingerprint density at radius 1 is 0.667 bits per heavy atom. The summed E-state index contributed by atoms with van der Waals surface area (Å²) in [5.74, 6) is -0.462. The van der Waals surface area contributed by atoms with Crippen molar-refractivity contribution >= 4 is 76.1 Å². The van der Waals surface area contributed by atoms with Gasteiger partial charge >= 0.3 is 0 Å². The van der Waals surface area contributed by atoms with Crippen molar-refractivity contribution in [1.29, 1.82) is 0 Å². The zero-order chi connectivity index (χ0) is 48.3. The lowest BCUT2D eigenvalue weighted by Crippen LogP contribution is -2.37. The molecule has 0 saturated heterocycles. The lowest BCUT2D eigenvalue weighted by Gasteiger charge is -2.22. The second kappa shape index (κ2) is 19.7. The number of ketones is 2. The molecular weight excluding hydrogens is 877 g/mol. The van der Waals surface area contributed by atoms with Gasteiger partial charge in [0.25, 0.3) is 11.8 Å². The molecule has 9 rings (SSSR count). The average molecular weight is 929 g/mol. The van der Waals surface area contributed by atoms with Crippen LogP contribution in [0.15, 0.2) is 101 Å². The minimum atomic E-state index is -0.424. The van der Waals surface area contributed by atoms with Crippen LogP contribution in [-0.4, -0.2) is 73.4 Å². The number of para-hydroxylation sites is 2. The monoisotopic (exact) mass is 928 g/mol. The molecule has 0 saturated carbocycles. The summed E-state index contributed by atoms with van der Waals surface area (Å²) in [6, 6.07) is 27.6. The van der Waals surface area contributed by atoms with Crippen molar-refractivity contribution in [2.45, 2.75) is 84.6 Å². The zero-order valence-electron chi connectivity index (χ0n) is 38.9. The molecule has 4 aliphatic rings. The van der Waals surface area contributed by atoms with Gasteiger partial charge in [0.15, 0.2) is 17.3 Å². The van der Waals surface area contributed by atoms with E-state index in [1.807, 2.05) is 67.7 Å². The summed E-state index contributed by atoms with van der Waals surface area (Å²) >= 11 is 0. The number of fused-ring (bicyclic) bond motifs is 8. The van der Waals surface area contributed by atoms with E-state index in [0.29, 0.717) is 69.4 Å². The fourth-order valence-electron chi connectivity index (χ4n) is 9.09. The number of carbonyl (C=O) groups excluding carboxylic acids is 6. The van der Waals surface area contributed by atoms with E-state index in [-0.39, 0.29) is 86.8 Å². The molecule has 0 radical (unpaired) electrons. The maximum absolute atomic E-state index is 14.0. The van der Waals surface area contributed by atoms with Crippen LogP contribution in [0.2, 0.25) is 0 Å². The van der Waals surface area contributed by atoms with Gasteiger partial charge in [-0.2, -0.15) is 0 Å². The number of nitrogens with zero attached hydrogens (tertiary/aromatic N) is 4. The standard InChI is InChI=1S/C54H52N6O9/c1-31(2)47(62)14-16-51(63)57-28-40(61)13-15-52(64)58-37-19-33(29-68-48-24-43-41(17-32(48)3)53(65)59-38(26-55-43)21-35-9-5-7-11-45(35)59)18-34(20-37)30-69-50-25-44-42(23-49(50)67-4)54(66)60-39(27-56-44)22-36-10-6-8-12-46(36)60/h5-12,17-20,23-27,31,38-39H,13-16,21-22,28-30H2,1-4H3,(H,57,63)(H,58,64)/t38-,39-/m0/s1. The van der Waals surface area contributed by atoms with E-state index in [2.05, 4.69) is 10.6 Å². The molecule has 0 fully saturated rings. The highest BCUT2D eigenvalue weighted by Gasteiger charge is 2.38. The van der Waals surface area contributed by atoms with Crippen LogP contribution in [0.25, 0.3) is 0 Å². The van der Waals surface area contributed by atoms with Crippen LogP contribution < -0.4 is 34.6 Å². The molecular formula is C54H52N6O9. The van der Waals surface area contributed by atoms with Crippen molar-refractivity contribution in [1.82, 2.24) is 5.32 Å². The van der Waals surface area contributed by atoms with Gasteiger partial charge in [0.2, 0.25) is 11.8 Å². The largest absolute Gasteiger partial charge is 0.493 e. The molecule has 2 N–H and O–H groups in total. The Balaban J connectivity index is 0.918. The Labute approximate surface area is 399 Å². The first-order chi connectivity index (χ1) is 33.3. The van der Waals surface area contributed by atoms with E-state index in [1.54, 1.807) is 66.3 Å². The predicted octanol–water partition coefficient (Wildman–Crippen LogP) is 8.15. The van der Waals surface area contributed by atoms with Crippen LogP contribution in [-0.2, 0) is 45.2 Å². The number of methoxy groups -OCH3 is 1. The van der Waals surface area contributed by atoms with E-state index in [1.165, 1.54) is 7.11 Å². The van der Waals surface area contributed by atoms with Crippen LogP contribution in [0.1, 0.15) is 88.1 Å². The number of ether oxygens (including phenoxy) is 3. The molecule has 15 heteroatoms. The fourth-order valence-corrected chi connectivity index (χ4v) is 9.09. The Morgan fingerprint density at radius 3 is 1.81 bits per heavy atom. The highest BCUT2D eigenvalue weighted by molar-refractivity contribution is 6.16. The van der Waals surface area contributed by atoms with Crippen molar-refractivity contribution < 1.29 is 43.0 Å². The zero-order valence-corrected chi connectivity index (χ0v) is 38.9. The number of amides is 4. The number of rotatable bonds is 17. The molecule has 0 bridgehead atoms. The second-order valence-electron chi connectivity index (χ2n) is 18.0. The first-order valence-electron chi connectivity index (χ1n) is 23.1. The quantitative estimate of drug-likeness (QED) is 0.0929. The van der Waals surface area contributed by atoms with Gasteiger partial charge in [-0.25, -0.2) is 0 Å². The van der Waals surface area contributed by atoms with Gasteiger partial charge in [0.05, 0.1) is 48.2 Å². The highest BCUT2D eigenvalue weighted by atomic mass is 16.5. The Hall–Kier alpha value is -7.94. The number of anilines is 3. The molecule has 2 atom stereocenters. The summed E-state index contributed by atoms with van der Waals surface area (Å²) in [5, 5.41) is 5.44. The van der Waals surface area contributed by atoms with Gasteiger partial charge in [-0.3, -0.25) is 48.6 Å². The molecule has 4 aliphatic heterocycles. The van der Waals surface area contributed by atoms with Gasteiger partial charge in [-0.05, 0) is 77.2 Å². The number of aliphatic imine (C=N–C) groups is 2. The van der Waals surface area contributed by atoms with E-state index < -0.39 is 11.8 Å². The lowest BCUT2D eigenvalue weighted by molar-refractivity contribution is -0.128. The summed E-state index contributed by atoms with van der Waals surface area (Å²) in [6.45, 7) is 5.24. The van der Waals surface area contributed by atoms with Crippen molar-refractivity contribution in [2.75, 3.05) is 28.8 Å². The third-order valence-corrected chi connectivity index (χ3v) is 12.7. The molecule has 0 unspecified atom stereocenters. The van der Waals surface area contributed by atoms with Gasteiger partial charge in [-0.1, -0.05) is 50.2 Å². The van der Waals surface area contributed by atoms with Crippen LogP contribution >= 0.6 is 0 Å². The first-order valence-corrected chi connectivity index (χ1v) is 23.1. The van der Waals surface area contributed by atoms with E-state index in [9.17, 15) is 28.8 Å². The lowest BCUT2D eigenvalue weighted by atomic mass is 10.0. The molecule has 0 aromatic heterocycles. The number of carbonyl (C=O) groups is 6. The van der Waals surface area contributed by atoms with Crippen molar-refractivity contribution in [3.05, 3.63) is 130 Å². The van der Waals surface area contributed by atoms with E-state index >= 15 is 0 Å². The minimum Gasteiger partial charge on any atom is -0.493 e. The Bertz CT molecular complexity index is 2980. The molecule has 5 aromatic rings. The molecule has 4 heterocycles. The van der Waals surface area contributed by atoms with Gasteiger partial charge < -0.3 is 24.8 Å². The number of benzene rings is 5. The summed E-state index contributed by atoms with van der Waals surface area (Å²) in [7, 11) is 1.50.